The van der Waals surface area contributed by atoms with Crippen molar-refractivity contribution < 1.29 is 9.13 Å². The summed E-state index contributed by atoms with van der Waals surface area (Å²) in [7, 11) is 1.56. The summed E-state index contributed by atoms with van der Waals surface area (Å²) in [5.41, 5.74) is 1.21. The van der Waals surface area contributed by atoms with Crippen LogP contribution in [0.2, 0.25) is 0 Å². The average molecular weight is 311 g/mol. The van der Waals surface area contributed by atoms with Crippen LogP contribution in [0.15, 0.2) is 40.9 Å². The van der Waals surface area contributed by atoms with E-state index in [1.807, 2.05) is 12.1 Å². The van der Waals surface area contributed by atoms with Gasteiger partial charge in [-0.15, -0.1) is 0 Å². The van der Waals surface area contributed by atoms with Gasteiger partial charge in [-0.1, -0.05) is 12.1 Å². The molecule has 0 saturated heterocycles. The minimum atomic E-state index is -0.299. The molecule has 3 nitrogen and oxygen atoms in total. The van der Waals surface area contributed by atoms with Gasteiger partial charge in [0.05, 0.1) is 25.0 Å². The van der Waals surface area contributed by atoms with Crippen LogP contribution in [0.3, 0.4) is 0 Å². The highest BCUT2D eigenvalue weighted by Gasteiger charge is 2.06. The second-order valence-corrected chi connectivity index (χ2v) is 4.48. The number of para-hydroxylation sites is 1. The van der Waals surface area contributed by atoms with Crippen LogP contribution in [0.4, 0.5) is 10.1 Å². The van der Waals surface area contributed by atoms with Crippen molar-refractivity contribution in [3.05, 3.63) is 52.4 Å². The van der Waals surface area contributed by atoms with Crippen LogP contribution in [0, 0.1) is 5.82 Å². The summed E-state index contributed by atoms with van der Waals surface area (Å²) in [5, 5.41) is 3.01. The molecule has 1 aromatic heterocycles. The third kappa shape index (κ3) is 2.98. The maximum absolute atomic E-state index is 13.6. The predicted octanol–water partition coefficient (Wildman–Crippen LogP) is 3.60. The molecule has 0 aliphatic carbocycles. The number of hydrogen-bond donors (Lipinski definition) is 1. The molecule has 0 aliphatic heterocycles. The number of ether oxygens (including phenoxy) is 1. The molecular formula is C13H12BrFN2O. The lowest BCUT2D eigenvalue weighted by Crippen LogP contribution is -2.04. The largest absolute Gasteiger partial charge is 0.481 e. The summed E-state index contributed by atoms with van der Waals surface area (Å²) in [6, 6.07) is 10.3. The van der Waals surface area contributed by atoms with E-state index in [0.717, 1.165) is 5.69 Å². The number of nitrogens with zero attached hydrogens (tertiary/aromatic N) is 1. The molecule has 94 valence electrons. The Balaban J connectivity index is 2.11. The summed E-state index contributed by atoms with van der Waals surface area (Å²) in [6.45, 7) is 0.427. The second kappa shape index (κ2) is 5.82. The molecule has 5 heteroatoms. The molecule has 0 fully saturated rings. The van der Waals surface area contributed by atoms with E-state index in [0.29, 0.717) is 22.6 Å². The van der Waals surface area contributed by atoms with Gasteiger partial charge in [0.2, 0.25) is 5.88 Å². The Hall–Kier alpha value is -1.62. The van der Waals surface area contributed by atoms with Crippen LogP contribution in [-0.4, -0.2) is 12.1 Å². The van der Waals surface area contributed by atoms with Gasteiger partial charge in [-0.05, 0) is 34.1 Å². The Labute approximate surface area is 113 Å². The van der Waals surface area contributed by atoms with Crippen LogP contribution in [-0.2, 0) is 6.54 Å². The first-order valence-corrected chi connectivity index (χ1v) is 6.18. The third-order valence-corrected chi connectivity index (χ3v) is 3.06. The first kappa shape index (κ1) is 12.8. The van der Waals surface area contributed by atoms with Gasteiger partial charge >= 0.3 is 0 Å². The number of halogens is 2. The zero-order valence-electron chi connectivity index (χ0n) is 9.78. The van der Waals surface area contributed by atoms with E-state index in [2.05, 4.69) is 26.2 Å². The number of anilines is 1. The summed E-state index contributed by atoms with van der Waals surface area (Å²) in [5.74, 6) is 0.245. The van der Waals surface area contributed by atoms with Crippen molar-refractivity contribution in [2.75, 3.05) is 12.4 Å². The number of aromatic nitrogens is 1. The summed E-state index contributed by atoms with van der Waals surface area (Å²) in [4.78, 5) is 4.24. The maximum Gasteiger partial charge on any atom is 0.213 e. The number of nitrogens with one attached hydrogen (secondary N) is 1. The van der Waals surface area contributed by atoms with Gasteiger partial charge in [-0.3, -0.25) is 0 Å². The summed E-state index contributed by atoms with van der Waals surface area (Å²) in [6.07, 6.45) is 0. The first-order valence-electron chi connectivity index (χ1n) is 5.38. The second-order valence-electron chi connectivity index (χ2n) is 3.62. The fraction of sp³-hybridized carbons (Fsp3) is 0.154. The zero-order chi connectivity index (χ0) is 13.0. The molecule has 0 bridgehead atoms. The number of rotatable bonds is 4. The van der Waals surface area contributed by atoms with Crippen molar-refractivity contribution >= 4 is 21.6 Å². The van der Waals surface area contributed by atoms with Gasteiger partial charge in [0, 0.05) is 10.5 Å². The Morgan fingerprint density at radius 2 is 2.06 bits per heavy atom. The SMILES string of the molecule is COc1cccc(CNc2c(F)cccc2Br)n1. The fourth-order valence-corrected chi connectivity index (χ4v) is 2.00. The molecule has 2 rings (SSSR count). The number of methoxy groups -OCH3 is 1. The summed E-state index contributed by atoms with van der Waals surface area (Å²) >= 11 is 3.30. The van der Waals surface area contributed by atoms with Crippen molar-refractivity contribution in [3.8, 4) is 5.88 Å². The highest BCUT2D eigenvalue weighted by Crippen LogP contribution is 2.25. The molecule has 0 amide bonds. The zero-order valence-corrected chi connectivity index (χ0v) is 11.4. The lowest BCUT2D eigenvalue weighted by Gasteiger charge is -2.09. The minimum Gasteiger partial charge on any atom is -0.481 e. The Morgan fingerprint density at radius 3 is 2.78 bits per heavy atom. The summed E-state index contributed by atoms with van der Waals surface area (Å²) < 4.78 is 19.3. The molecule has 0 radical (unpaired) electrons. The van der Waals surface area contributed by atoms with E-state index < -0.39 is 0 Å². The monoisotopic (exact) mass is 310 g/mol. The van der Waals surface area contributed by atoms with Crippen LogP contribution in [0.1, 0.15) is 5.69 Å². The molecule has 0 saturated carbocycles. The number of pyridine rings is 1. The molecule has 0 aliphatic rings. The Morgan fingerprint density at radius 1 is 1.28 bits per heavy atom. The fourth-order valence-electron chi connectivity index (χ4n) is 1.52. The van der Waals surface area contributed by atoms with Gasteiger partial charge in [-0.25, -0.2) is 9.37 Å². The van der Waals surface area contributed by atoms with Gasteiger partial charge in [0.1, 0.15) is 5.82 Å². The van der Waals surface area contributed by atoms with E-state index in [4.69, 9.17) is 4.74 Å². The van der Waals surface area contributed by atoms with Crippen molar-refractivity contribution in [1.29, 1.82) is 0 Å². The molecule has 0 unspecified atom stereocenters. The minimum absolute atomic E-state index is 0.299. The topological polar surface area (TPSA) is 34.1 Å². The van der Waals surface area contributed by atoms with Gasteiger partial charge in [0.15, 0.2) is 0 Å². The number of hydrogen-bond acceptors (Lipinski definition) is 3. The van der Waals surface area contributed by atoms with Gasteiger partial charge in [-0.2, -0.15) is 0 Å². The van der Waals surface area contributed by atoms with Crippen LogP contribution in [0.5, 0.6) is 5.88 Å². The smallest absolute Gasteiger partial charge is 0.213 e. The van der Waals surface area contributed by atoms with E-state index in [-0.39, 0.29) is 5.82 Å². The highest BCUT2D eigenvalue weighted by molar-refractivity contribution is 9.10. The molecule has 18 heavy (non-hydrogen) atoms. The van der Waals surface area contributed by atoms with Crippen molar-refractivity contribution in [2.24, 2.45) is 0 Å². The molecule has 2 aromatic rings. The van der Waals surface area contributed by atoms with E-state index >= 15 is 0 Å². The predicted molar refractivity (Wildman–Crippen MR) is 72.2 cm³/mol. The van der Waals surface area contributed by atoms with E-state index in [1.54, 1.807) is 25.3 Å². The lowest BCUT2D eigenvalue weighted by molar-refractivity contribution is 0.396. The van der Waals surface area contributed by atoms with Crippen LogP contribution >= 0.6 is 15.9 Å². The Kier molecular flexibility index (Phi) is 4.15. The maximum atomic E-state index is 13.6. The Bertz CT molecular complexity index is 528. The first-order chi connectivity index (χ1) is 8.70. The molecular weight excluding hydrogens is 299 g/mol. The third-order valence-electron chi connectivity index (χ3n) is 2.40. The molecule has 1 heterocycles. The molecule has 0 spiro atoms. The molecule has 0 atom stereocenters. The van der Waals surface area contributed by atoms with Crippen molar-refractivity contribution in [1.82, 2.24) is 4.98 Å². The van der Waals surface area contributed by atoms with E-state index in [9.17, 15) is 4.39 Å². The molecule has 1 aromatic carbocycles. The van der Waals surface area contributed by atoms with Crippen molar-refractivity contribution in [3.63, 3.8) is 0 Å². The van der Waals surface area contributed by atoms with Crippen molar-refractivity contribution in [2.45, 2.75) is 6.54 Å². The molecule has 1 N–H and O–H groups in total. The number of benzene rings is 1. The standard InChI is InChI=1S/C13H12BrFN2O/c1-18-12-7-2-4-9(17-12)8-16-13-10(14)5-3-6-11(13)15/h2-7,16H,8H2,1H3. The quantitative estimate of drug-likeness (QED) is 0.937. The highest BCUT2D eigenvalue weighted by atomic mass is 79.9. The van der Waals surface area contributed by atoms with E-state index in [1.165, 1.54) is 6.07 Å². The van der Waals surface area contributed by atoms with Gasteiger partial charge < -0.3 is 10.1 Å². The van der Waals surface area contributed by atoms with Crippen LogP contribution < -0.4 is 10.1 Å². The lowest BCUT2D eigenvalue weighted by atomic mass is 10.3. The normalized spacial score (nSPS) is 10.2. The average Bonchev–Trinajstić information content (AvgIpc) is 2.38. The van der Waals surface area contributed by atoms with Gasteiger partial charge in [0.25, 0.3) is 0 Å². The van der Waals surface area contributed by atoms with Crippen LogP contribution in [0.25, 0.3) is 0 Å².